The molecule has 1 heterocycles. The number of hydrogen-bond acceptors (Lipinski definition) is 4. The number of benzene rings is 1. The van der Waals surface area contributed by atoms with Gasteiger partial charge in [0, 0.05) is 19.5 Å². The maximum Gasteiger partial charge on any atom is 0.337 e. The molecule has 0 spiro atoms. The van der Waals surface area contributed by atoms with Gasteiger partial charge < -0.3 is 15.0 Å². The van der Waals surface area contributed by atoms with Gasteiger partial charge in [-0.05, 0) is 18.2 Å². The number of amides is 2. The average molecular weight is 337 g/mol. The third-order valence-corrected chi connectivity index (χ3v) is 3.89. The number of halogens is 1. The highest BCUT2D eigenvalue weighted by molar-refractivity contribution is 6.34. The van der Waals surface area contributed by atoms with Crippen molar-refractivity contribution in [3.8, 4) is 0 Å². The molecule has 7 heteroatoms. The maximum atomic E-state index is 12.2. The van der Waals surface area contributed by atoms with Gasteiger partial charge >= 0.3 is 5.97 Å². The van der Waals surface area contributed by atoms with E-state index in [9.17, 15) is 14.4 Å². The van der Waals surface area contributed by atoms with Crippen LogP contribution in [0.25, 0.3) is 0 Å². The lowest BCUT2D eigenvalue weighted by molar-refractivity contribution is -0.126. The minimum absolute atomic E-state index is 0.0990. The number of methoxy groups -OCH3 is 1. The lowest BCUT2D eigenvalue weighted by atomic mass is 10.1. The molecule has 0 aliphatic carbocycles. The fourth-order valence-corrected chi connectivity index (χ4v) is 2.62. The lowest BCUT2D eigenvalue weighted by Crippen LogP contribution is -2.33. The van der Waals surface area contributed by atoms with Crippen molar-refractivity contribution < 1.29 is 19.1 Å². The van der Waals surface area contributed by atoms with Crippen molar-refractivity contribution >= 4 is 35.1 Å². The van der Waals surface area contributed by atoms with Crippen molar-refractivity contribution in [2.75, 3.05) is 25.1 Å². The van der Waals surface area contributed by atoms with Crippen molar-refractivity contribution in [3.05, 3.63) is 41.4 Å². The van der Waals surface area contributed by atoms with Gasteiger partial charge in [0.2, 0.25) is 11.8 Å². The van der Waals surface area contributed by atoms with E-state index >= 15 is 0 Å². The summed E-state index contributed by atoms with van der Waals surface area (Å²) in [6.45, 7) is 4.09. The van der Waals surface area contributed by atoms with Crippen molar-refractivity contribution in [2.24, 2.45) is 5.92 Å². The van der Waals surface area contributed by atoms with Crippen molar-refractivity contribution in [3.63, 3.8) is 0 Å². The normalized spacial score (nSPS) is 17.0. The maximum absolute atomic E-state index is 12.2. The summed E-state index contributed by atoms with van der Waals surface area (Å²) in [5, 5.41) is 3.01. The number of hydrogen-bond donors (Lipinski definition) is 1. The number of nitrogens with one attached hydrogen (secondary N) is 1. The molecule has 1 aromatic carbocycles. The zero-order valence-electron chi connectivity index (χ0n) is 12.7. The van der Waals surface area contributed by atoms with Gasteiger partial charge in [0.05, 0.1) is 29.3 Å². The van der Waals surface area contributed by atoms with E-state index in [0.29, 0.717) is 22.8 Å². The fraction of sp³-hybridized carbons (Fsp3) is 0.312. The molecule has 1 fully saturated rings. The van der Waals surface area contributed by atoms with E-state index in [4.69, 9.17) is 11.6 Å². The standard InChI is InChI=1S/C16H17ClN2O4/c1-3-6-18-15(21)11-8-14(20)19(9-11)13-7-10(16(22)23-2)4-5-12(13)17/h3-5,7,11H,1,6,8-9H2,2H3,(H,18,21). The summed E-state index contributed by atoms with van der Waals surface area (Å²) in [5.74, 6) is -1.40. The van der Waals surface area contributed by atoms with Crippen LogP contribution in [0, 0.1) is 5.92 Å². The van der Waals surface area contributed by atoms with Crippen LogP contribution in [-0.4, -0.2) is 38.0 Å². The summed E-state index contributed by atoms with van der Waals surface area (Å²) in [6.07, 6.45) is 1.67. The zero-order chi connectivity index (χ0) is 17.0. The van der Waals surface area contributed by atoms with Crippen LogP contribution in [0.15, 0.2) is 30.9 Å². The Morgan fingerprint density at radius 1 is 1.52 bits per heavy atom. The Bertz CT molecular complexity index is 659. The molecule has 1 unspecified atom stereocenters. The Labute approximate surface area is 139 Å². The lowest BCUT2D eigenvalue weighted by Gasteiger charge is -2.19. The van der Waals surface area contributed by atoms with Crippen LogP contribution in [0.1, 0.15) is 16.8 Å². The first kappa shape index (κ1) is 17.0. The Morgan fingerprint density at radius 2 is 2.26 bits per heavy atom. The molecule has 0 saturated carbocycles. The number of rotatable bonds is 5. The van der Waals surface area contributed by atoms with E-state index in [1.54, 1.807) is 6.08 Å². The quantitative estimate of drug-likeness (QED) is 0.657. The van der Waals surface area contributed by atoms with E-state index in [0.717, 1.165) is 0 Å². The predicted molar refractivity (Wildman–Crippen MR) is 86.5 cm³/mol. The fourth-order valence-electron chi connectivity index (χ4n) is 2.40. The molecule has 2 amide bonds. The Hall–Kier alpha value is -2.34. The monoisotopic (exact) mass is 336 g/mol. The van der Waals surface area contributed by atoms with Crippen LogP contribution < -0.4 is 10.2 Å². The SMILES string of the molecule is C=CCNC(=O)C1CC(=O)N(c2cc(C(=O)OC)ccc2Cl)C1. The van der Waals surface area contributed by atoms with Crippen molar-refractivity contribution in [1.29, 1.82) is 0 Å². The van der Waals surface area contributed by atoms with Gasteiger partial charge in [-0.1, -0.05) is 17.7 Å². The number of anilines is 1. The van der Waals surface area contributed by atoms with Gasteiger partial charge in [0.25, 0.3) is 0 Å². The first-order valence-corrected chi connectivity index (χ1v) is 7.42. The summed E-state index contributed by atoms with van der Waals surface area (Å²) in [6, 6.07) is 4.55. The van der Waals surface area contributed by atoms with Gasteiger partial charge in [-0.3, -0.25) is 9.59 Å². The Balaban J connectivity index is 2.22. The number of carbonyl (C=O) groups is 3. The summed E-state index contributed by atoms with van der Waals surface area (Å²) >= 11 is 6.14. The van der Waals surface area contributed by atoms with Gasteiger partial charge in [-0.15, -0.1) is 6.58 Å². The molecule has 6 nitrogen and oxygen atoms in total. The minimum Gasteiger partial charge on any atom is -0.465 e. The van der Waals surface area contributed by atoms with Crippen LogP contribution in [0.5, 0.6) is 0 Å². The van der Waals surface area contributed by atoms with Crippen LogP contribution in [0.2, 0.25) is 5.02 Å². The Morgan fingerprint density at radius 3 is 2.91 bits per heavy atom. The Kier molecular flexibility index (Phi) is 5.39. The molecular formula is C16H17ClN2O4. The molecule has 1 aromatic rings. The molecular weight excluding hydrogens is 320 g/mol. The van der Waals surface area contributed by atoms with Crippen molar-refractivity contribution in [1.82, 2.24) is 5.32 Å². The first-order chi connectivity index (χ1) is 11.0. The molecule has 23 heavy (non-hydrogen) atoms. The molecule has 122 valence electrons. The molecule has 1 aliphatic rings. The van der Waals surface area contributed by atoms with E-state index < -0.39 is 11.9 Å². The number of ether oxygens (including phenoxy) is 1. The summed E-state index contributed by atoms with van der Waals surface area (Å²) in [5.41, 5.74) is 0.692. The largest absolute Gasteiger partial charge is 0.465 e. The average Bonchev–Trinajstić information content (AvgIpc) is 2.94. The molecule has 1 atom stereocenters. The third kappa shape index (κ3) is 3.71. The van der Waals surface area contributed by atoms with E-state index in [-0.39, 0.29) is 24.8 Å². The van der Waals surface area contributed by atoms with Crippen LogP contribution in [0.3, 0.4) is 0 Å². The number of nitrogens with zero attached hydrogens (tertiary/aromatic N) is 1. The summed E-state index contributed by atoms with van der Waals surface area (Å²) in [4.78, 5) is 37.3. The van der Waals surface area contributed by atoms with Crippen LogP contribution in [-0.2, 0) is 14.3 Å². The highest BCUT2D eigenvalue weighted by atomic mass is 35.5. The molecule has 0 bridgehead atoms. The molecule has 2 rings (SSSR count). The second kappa shape index (κ2) is 7.28. The topological polar surface area (TPSA) is 75.7 Å². The highest BCUT2D eigenvalue weighted by Crippen LogP contribution is 2.32. The van der Waals surface area contributed by atoms with Crippen molar-refractivity contribution in [2.45, 2.75) is 6.42 Å². The molecule has 0 radical (unpaired) electrons. The third-order valence-electron chi connectivity index (χ3n) is 3.57. The van der Waals surface area contributed by atoms with Crippen LogP contribution in [0.4, 0.5) is 5.69 Å². The second-order valence-electron chi connectivity index (χ2n) is 5.10. The van der Waals surface area contributed by atoms with Gasteiger partial charge in [0.1, 0.15) is 0 Å². The zero-order valence-corrected chi connectivity index (χ0v) is 13.4. The molecule has 1 N–H and O–H groups in total. The highest BCUT2D eigenvalue weighted by Gasteiger charge is 2.36. The van der Waals surface area contributed by atoms with Gasteiger partial charge in [-0.2, -0.15) is 0 Å². The second-order valence-corrected chi connectivity index (χ2v) is 5.50. The van der Waals surface area contributed by atoms with E-state index in [2.05, 4.69) is 16.6 Å². The summed E-state index contributed by atoms with van der Waals surface area (Å²) < 4.78 is 4.67. The number of carbonyl (C=O) groups excluding carboxylic acids is 3. The molecule has 1 aliphatic heterocycles. The summed E-state index contributed by atoms with van der Waals surface area (Å²) in [7, 11) is 1.28. The minimum atomic E-state index is -0.519. The number of esters is 1. The van der Waals surface area contributed by atoms with Gasteiger partial charge in [-0.25, -0.2) is 4.79 Å². The van der Waals surface area contributed by atoms with Crippen LogP contribution >= 0.6 is 11.6 Å². The van der Waals surface area contributed by atoms with Gasteiger partial charge in [0.15, 0.2) is 0 Å². The predicted octanol–water partition coefficient (Wildman–Crippen LogP) is 1.78. The van der Waals surface area contributed by atoms with E-state index in [1.807, 2.05) is 0 Å². The molecule has 0 aromatic heterocycles. The van der Waals surface area contributed by atoms with E-state index in [1.165, 1.54) is 30.2 Å². The molecule has 1 saturated heterocycles. The smallest absolute Gasteiger partial charge is 0.337 e. The first-order valence-electron chi connectivity index (χ1n) is 7.04.